The maximum atomic E-state index is 12.6. The van der Waals surface area contributed by atoms with E-state index in [1.165, 1.54) is 5.56 Å². The van der Waals surface area contributed by atoms with Crippen molar-refractivity contribution in [3.05, 3.63) is 53.7 Å². The van der Waals surface area contributed by atoms with Gasteiger partial charge in [0, 0.05) is 44.2 Å². The second kappa shape index (κ2) is 8.37. The van der Waals surface area contributed by atoms with E-state index in [1.54, 1.807) is 4.90 Å². The Morgan fingerprint density at radius 3 is 2.84 bits per heavy atom. The van der Waals surface area contributed by atoms with Crippen LogP contribution in [0.1, 0.15) is 36.4 Å². The third kappa shape index (κ3) is 4.10. The number of carbonyl (C=O) groups excluding carboxylic acids is 2. The topological polar surface area (TPSA) is 94.2 Å². The second-order valence-corrected chi connectivity index (χ2v) is 8.29. The maximum Gasteiger partial charge on any atom is 0.242 e. The minimum absolute atomic E-state index is 0.0350. The predicted octanol–water partition coefficient (Wildman–Crippen LogP) is 2.51. The highest BCUT2D eigenvalue weighted by Gasteiger charge is 2.31. The summed E-state index contributed by atoms with van der Waals surface area (Å²) in [4.78, 5) is 32.7. The Labute approximate surface area is 180 Å². The van der Waals surface area contributed by atoms with Gasteiger partial charge in [0.05, 0.1) is 11.9 Å². The van der Waals surface area contributed by atoms with Crippen molar-refractivity contribution in [3.63, 3.8) is 0 Å². The molecule has 2 amide bonds. The lowest BCUT2D eigenvalue weighted by molar-refractivity contribution is -0.137. The number of nitrogens with one attached hydrogen (secondary N) is 2. The number of pyridine rings is 1. The molecular weight excluding hydrogens is 392 g/mol. The molecular formula is C23H26N6O2. The molecule has 2 N–H and O–H groups in total. The van der Waals surface area contributed by atoms with Gasteiger partial charge in [0.1, 0.15) is 0 Å². The number of H-pyrrole nitrogens is 1. The molecule has 8 nitrogen and oxygen atoms in total. The lowest BCUT2D eigenvalue weighted by atomic mass is 10.0. The van der Waals surface area contributed by atoms with E-state index in [9.17, 15) is 9.59 Å². The van der Waals surface area contributed by atoms with E-state index in [2.05, 4.69) is 27.6 Å². The minimum Gasteiger partial charge on any atom is -0.364 e. The monoisotopic (exact) mass is 418 g/mol. The van der Waals surface area contributed by atoms with E-state index in [4.69, 9.17) is 4.98 Å². The van der Waals surface area contributed by atoms with Gasteiger partial charge in [0.15, 0.2) is 11.5 Å². The second-order valence-electron chi connectivity index (χ2n) is 8.29. The Balaban J connectivity index is 1.23. The molecule has 2 fully saturated rings. The molecule has 8 heteroatoms. The lowest BCUT2D eigenvalue weighted by Crippen LogP contribution is -2.39. The molecule has 5 rings (SSSR count). The van der Waals surface area contributed by atoms with Gasteiger partial charge in [-0.3, -0.25) is 14.7 Å². The fourth-order valence-corrected chi connectivity index (χ4v) is 4.43. The van der Waals surface area contributed by atoms with Crippen LogP contribution in [0.15, 0.2) is 42.5 Å². The molecule has 160 valence electrons. The van der Waals surface area contributed by atoms with Crippen molar-refractivity contribution in [3.8, 4) is 0 Å². The SMILES string of the molecule is O=C1CCCN1CC(=O)N1CCC(c2ccc3c(NCc4ccccc4)n[nH]c3n2)C1. The van der Waals surface area contributed by atoms with Crippen LogP contribution in [0, 0.1) is 0 Å². The minimum atomic E-state index is 0.0350. The zero-order chi connectivity index (χ0) is 21.2. The predicted molar refractivity (Wildman–Crippen MR) is 117 cm³/mol. The summed E-state index contributed by atoms with van der Waals surface area (Å²) in [6.45, 7) is 2.95. The standard InChI is InChI=1S/C23H26N6O2/c30-20-7-4-11-28(20)15-21(31)29-12-10-17(14-29)19-9-8-18-22(26-27-23(18)25-19)24-13-16-5-2-1-3-6-16/h1-3,5-6,8-9,17H,4,7,10-15H2,(H2,24,25,26,27). The van der Waals surface area contributed by atoms with Crippen LogP contribution in [-0.2, 0) is 16.1 Å². The molecule has 2 aliphatic heterocycles. The van der Waals surface area contributed by atoms with Gasteiger partial charge in [-0.05, 0) is 30.5 Å². The van der Waals surface area contributed by atoms with Gasteiger partial charge in [-0.1, -0.05) is 30.3 Å². The summed E-state index contributed by atoms with van der Waals surface area (Å²) in [6.07, 6.45) is 2.29. The highest BCUT2D eigenvalue weighted by molar-refractivity contribution is 5.87. The van der Waals surface area contributed by atoms with Crippen molar-refractivity contribution < 1.29 is 9.59 Å². The van der Waals surface area contributed by atoms with E-state index in [-0.39, 0.29) is 24.3 Å². The molecule has 4 heterocycles. The molecule has 0 radical (unpaired) electrons. The average Bonchev–Trinajstić information content (AvgIpc) is 3.53. The zero-order valence-corrected chi connectivity index (χ0v) is 17.4. The lowest BCUT2D eigenvalue weighted by Gasteiger charge is -2.21. The van der Waals surface area contributed by atoms with Crippen LogP contribution in [-0.4, -0.2) is 63.0 Å². The number of aromatic amines is 1. The first-order chi connectivity index (χ1) is 15.2. The number of carbonyl (C=O) groups is 2. The summed E-state index contributed by atoms with van der Waals surface area (Å²) in [5.74, 6) is 1.11. The maximum absolute atomic E-state index is 12.6. The Kier molecular flexibility index (Phi) is 5.28. The molecule has 2 aliphatic rings. The van der Waals surface area contributed by atoms with Crippen molar-refractivity contribution >= 4 is 28.7 Å². The van der Waals surface area contributed by atoms with Crippen molar-refractivity contribution in [2.45, 2.75) is 31.7 Å². The van der Waals surface area contributed by atoms with Crippen molar-refractivity contribution in [2.24, 2.45) is 0 Å². The van der Waals surface area contributed by atoms with E-state index >= 15 is 0 Å². The normalized spacial score (nSPS) is 18.8. The summed E-state index contributed by atoms with van der Waals surface area (Å²) < 4.78 is 0. The quantitative estimate of drug-likeness (QED) is 0.642. The number of benzene rings is 1. The van der Waals surface area contributed by atoms with E-state index in [0.29, 0.717) is 32.6 Å². The summed E-state index contributed by atoms with van der Waals surface area (Å²) >= 11 is 0. The smallest absolute Gasteiger partial charge is 0.242 e. The number of aromatic nitrogens is 3. The van der Waals surface area contributed by atoms with Crippen LogP contribution in [0.5, 0.6) is 0 Å². The number of likely N-dealkylation sites (tertiary alicyclic amines) is 2. The molecule has 2 saturated heterocycles. The number of amides is 2. The van der Waals surface area contributed by atoms with Crippen molar-refractivity contribution in [1.29, 1.82) is 0 Å². The number of hydrogen-bond donors (Lipinski definition) is 2. The fraction of sp³-hybridized carbons (Fsp3) is 0.391. The van der Waals surface area contributed by atoms with E-state index in [0.717, 1.165) is 35.4 Å². The Morgan fingerprint density at radius 2 is 2.03 bits per heavy atom. The van der Waals surface area contributed by atoms with Crippen LogP contribution >= 0.6 is 0 Å². The van der Waals surface area contributed by atoms with Crippen LogP contribution in [0.2, 0.25) is 0 Å². The summed E-state index contributed by atoms with van der Waals surface area (Å²) in [7, 11) is 0. The van der Waals surface area contributed by atoms with Gasteiger partial charge in [-0.15, -0.1) is 0 Å². The van der Waals surface area contributed by atoms with E-state index < -0.39 is 0 Å². The number of anilines is 1. The van der Waals surface area contributed by atoms with Crippen LogP contribution in [0.4, 0.5) is 5.82 Å². The fourth-order valence-electron chi connectivity index (χ4n) is 4.43. The molecule has 31 heavy (non-hydrogen) atoms. The Hall–Kier alpha value is -3.42. The number of nitrogens with zero attached hydrogens (tertiary/aromatic N) is 4. The van der Waals surface area contributed by atoms with E-state index in [1.807, 2.05) is 35.2 Å². The third-order valence-electron chi connectivity index (χ3n) is 6.21. The van der Waals surface area contributed by atoms with Gasteiger partial charge < -0.3 is 15.1 Å². The first-order valence-corrected chi connectivity index (χ1v) is 10.9. The highest BCUT2D eigenvalue weighted by atomic mass is 16.2. The van der Waals surface area contributed by atoms with Crippen LogP contribution in [0.3, 0.4) is 0 Å². The van der Waals surface area contributed by atoms with Crippen LogP contribution < -0.4 is 5.32 Å². The molecule has 3 aromatic rings. The summed E-state index contributed by atoms with van der Waals surface area (Å²) in [5, 5.41) is 11.7. The molecule has 0 saturated carbocycles. The zero-order valence-electron chi connectivity index (χ0n) is 17.4. The molecule has 1 atom stereocenters. The third-order valence-corrected chi connectivity index (χ3v) is 6.21. The number of fused-ring (bicyclic) bond motifs is 1. The molecule has 1 aromatic carbocycles. The van der Waals surface area contributed by atoms with Gasteiger partial charge >= 0.3 is 0 Å². The summed E-state index contributed by atoms with van der Waals surface area (Å²) in [5.41, 5.74) is 2.91. The highest BCUT2D eigenvalue weighted by Crippen LogP contribution is 2.29. The first kappa shape index (κ1) is 19.5. The summed E-state index contributed by atoms with van der Waals surface area (Å²) in [6, 6.07) is 14.3. The molecule has 0 aliphatic carbocycles. The van der Waals surface area contributed by atoms with Crippen molar-refractivity contribution in [1.82, 2.24) is 25.0 Å². The Bertz CT molecular complexity index is 1100. The number of hydrogen-bond acceptors (Lipinski definition) is 5. The van der Waals surface area contributed by atoms with Gasteiger partial charge in [-0.2, -0.15) is 5.10 Å². The Morgan fingerprint density at radius 1 is 1.16 bits per heavy atom. The number of rotatable bonds is 6. The van der Waals surface area contributed by atoms with Gasteiger partial charge in [-0.25, -0.2) is 4.98 Å². The van der Waals surface area contributed by atoms with Crippen LogP contribution in [0.25, 0.3) is 11.0 Å². The molecule has 0 spiro atoms. The van der Waals surface area contributed by atoms with Crippen molar-refractivity contribution in [2.75, 3.05) is 31.5 Å². The molecule has 2 aromatic heterocycles. The van der Waals surface area contributed by atoms with Gasteiger partial charge in [0.25, 0.3) is 0 Å². The average molecular weight is 419 g/mol. The molecule has 1 unspecified atom stereocenters. The first-order valence-electron chi connectivity index (χ1n) is 10.9. The van der Waals surface area contributed by atoms with Gasteiger partial charge in [0.2, 0.25) is 11.8 Å². The largest absolute Gasteiger partial charge is 0.364 e. The molecule has 0 bridgehead atoms.